The normalized spacial score (nSPS) is 11.3. The lowest BCUT2D eigenvalue weighted by atomic mass is 10.1. The van der Waals surface area contributed by atoms with Crippen LogP contribution in [0.2, 0.25) is 0 Å². The lowest BCUT2D eigenvalue weighted by Crippen LogP contribution is -2.19. The summed E-state index contributed by atoms with van der Waals surface area (Å²) in [6.45, 7) is 2.04. The Hall–Kier alpha value is -2.69. The van der Waals surface area contributed by atoms with E-state index in [0.717, 1.165) is 11.4 Å². The van der Waals surface area contributed by atoms with Gasteiger partial charge in [0.2, 0.25) is 0 Å². The van der Waals surface area contributed by atoms with E-state index in [4.69, 9.17) is 15.7 Å². The van der Waals surface area contributed by atoms with E-state index in [1.807, 2.05) is 49.2 Å². The summed E-state index contributed by atoms with van der Waals surface area (Å²) in [7, 11) is 3.53. The number of oxime groups is 1. The van der Waals surface area contributed by atoms with E-state index in [-0.39, 0.29) is 5.84 Å². The van der Waals surface area contributed by atoms with Crippen LogP contribution < -0.4 is 15.4 Å². The van der Waals surface area contributed by atoms with Crippen LogP contribution in [-0.2, 0) is 0 Å². The highest BCUT2D eigenvalue weighted by Crippen LogP contribution is 2.30. The molecule has 0 aromatic heterocycles. The van der Waals surface area contributed by atoms with Crippen molar-refractivity contribution >= 4 is 17.2 Å². The standard InChI is InChI=1S/C16H19N3O2/c1-11-4-6-12(7-5-11)19(2)15-10-13(21-3)8-9-14(15)16(17)18-20/h4-10,20H,1-3H3,(H2,17,18). The molecule has 0 unspecified atom stereocenters. The van der Waals surface area contributed by atoms with Gasteiger partial charge in [0.1, 0.15) is 5.75 Å². The Kier molecular flexibility index (Phi) is 4.33. The van der Waals surface area contributed by atoms with Gasteiger partial charge in [0.05, 0.1) is 12.8 Å². The molecule has 5 nitrogen and oxygen atoms in total. The number of methoxy groups -OCH3 is 1. The largest absolute Gasteiger partial charge is 0.497 e. The van der Waals surface area contributed by atoms with Gasteiger partial charge in [0.25, 0.3) is 0 Å². The molecule has 0 aliphatic carbocycles. The smallest absolute Gasteiger partial charge is 0.172 e. The van der Waals surface area contributed by atoms with Gasteiger partial charge in [-0.2, -0.15) is 0 Å². The summed E-state index contributed by atoms with van der Waals surface area (Å²) in [4.78, 5) is 1.97. The van der Waals surface area contributed by atoms with Gasteiger partial charge < -0.3 is 20.6 Å². The summed E-state index contributed by atoms with van der Waals surface area (Å²) in [5.41, 5.74) is 9.39. The second-order valence-electron chi connectivity index (χ2n) is 4.76. The predicted octanol–water partition coefficient (Wildman–Crippen LogP) is 2.87. The fourth-order valence-electron chi connectivity index (χ4n) is 2.09. The fourth-order valence-corrected chi connectivity index (χ4v) is 2.09. The first kappa shape index (κ1) is 14.7. The minimum Gasteiger partial charge on any atom is -0.497 e. The number of nitrogens with two attached hydrogens (primary N) is 1. The van der Waals surface area contributed by atoms with E-state index >= 15 is 0 Å². The van der Waals surface area contributed by atoms with E-state index in [2.05, 4.69) is 5.16 Å². The monoisotopic (exact) mass is 285 g/mol. The van der Waals surface area contributed by atoms with Gasteiger partial charge in [0.15, 0.2) is 5.84 Å². The quantitative estimate of drug-likeness (QED) is 0.392. The molecule has 0 spiro atoms. The molecule has 3 N–H and O–H groups in total. The average molecular weight is 285 g/mol. The summed E-state index contributed by atoms with van der Waals surface area (Å²) >= 11 is 0. The second-order valence-corrected chi connectivity index (χ2v) is 4.76. The lowest BCUT2D eigenvalue weighted by molar-refractivity contribution is 0.318. The number of amidine groups is 1. The van der Waals surface area contributed by atoms with E-state index in [1.165, 1.54) is 5.56 Å². The molecule has 0 bridgehead atoms. The number of anilines is 2. The predicted molar refractivity (Wildman–Crippen MR) is 84.7 cm³/mol. The first-order valence-corrected chi connectivity index (χ1v) is 6.53. The van der Waals surface area contributed by atoms with Crippen LogP contribution in [0.25, 0.3) is 0 Å². The Bertz CT molecular complexity index is 651. The zero-order valence-electron chi connectivity index (χ0n) is 12.4. The molecule has 0 atom stereocenters. The van der Waals surface area contributed by atoms with Crippen LogP contribution in [0.1, 0.15) is 11.1 Å². The summed E-state index contributed by atoms with van der Waals surface area (Å²) in [6, 6.07) is 13.5. The van der Waals surface area contributed by atoms with E-state index < -0.39 is 0 Å². The first-order chi connectivity index (χ1) is 10.1. The summed E-state index contributed by atoms with van der Waals surface area (Å²) < 4.78 is 5.26. The maximum absolute atomic E-state index is 8.94. The summed E-state index contributed by atoms with van der Waals surface area (Å²) in [5.74, 6) is 0.769. The maximum Gasteiger partial charge on any atom is 0.172 e. The molecule has 0 heterocycles. The Morgan fingerprint density at radius 1 is 1.19 bits per heavy atom. The number of benzene rings is 2. The Balaban J connectivity index is 2.51. The third kappa shape index (κ3) is 3.08. The minimum atomic E-state index is 0.0617. The third-order valence-corrected chi connectivity index (χ3v) is 3.37. The molecular weight excluding hydrogens is 266 g/mol. The second kappa shape index (κ2) is 6.17. The van der Waals surface area contributed by atoms with Gasteiger partial charge in [-0.25, -0.2) is 0 Å². The molecule has 0 amide bonds. The van der Waals surface area contributed by atoms with Crippen LogP contribution in [0.3, 0.4) is 0 Å². The minimum absolute atomic E-state index is 0.0617. The highest BCUT2D eigenvalue weighted by Gasteiger charge is 2.14. The summed E-state index contributed by atoms with van der Waals surface area (Å²) in [6.07, 6.45) is 0. The highest BCUT2D eigenvalue weighted by atomic mass is 16.5. The van der Waals surface area contributed by atoms with Crippen molar-refractivity contribution in [3.05, 3.63) is 53.6 Å². The fraction of sp³-hybridized carbons (Fsp3) is 0.188. The zero-order valence-corrected chi connectivity index (χ0v) is 12.4. The topological polar surface area (TPSA) is 71.1 Å². The van der Waals surface area contributed by atoms with E-state index in [9.17, 15) is 0 Å². The first-order valence-electron chi connectivity index (χ1n) is 6.53. The van der Waals surface area contributed by atoms with Gasteiger partial charge in [-0.15, -0.1) is 0 Å². The average Bonchev–Trinajstić information content (AvgIpc) is 2.53. The molecule has 110 valence electrons. The van der Waals surface area contributed by atoms with Gasteiger partial charge in [0, 0.05) is 24.4 Å². The number of ether oxygens (including phenoxy) is 1. The number of nitrogens with zero attached hydrogens (tertiary/aromatic N) is 2. The van der Waals surface area contributed by atoms with Crippen LogP contribution in [0.5, 0.6) is 5.75 Å². The number of rotatable bonds is 4. The van der Waals surface area contributed by atoms with Crippen molar-refractivity contribution in [2.24, 2.45) is 10.9 Å². The molecule has 0 aliphatic rings. The Morgan fingerprint density at radius 2 is 1.86 bits per heavy atom. The molecule has 2 aromatic carbocycles. The van der Waals surface area contributed by atoms with Crippen LogP contribution >= 0.6 is 0 Å². The molecular formula is C16H19N3O2. The highest BCUT2D eigenvalue weighted by molar-refractivity contribution is 6.03. The van der Waals surface area contributed by atoms with Crippen molar-refractivity contribution in [3.63, 3.8) is 0 Å². The maximum atomic E-state index is 8.94. The molecule has 0 saturated heterocycles. The van der Waals surface area contributed by atoms with Gasteiger partial charge in [-0.1, -0.05) is 22.9 Å². The van der Waals surface area contributed by atoms with Gasteiger partial charge >= 0.3 is 0 Å². The van der Waals surface area contributed by atoms with Crippen LogP contribution in [0.4, 0.5) is 11.4 Å². The molecule has 0 aliphatic heterocycles. The molecule has 0 radical (unpaired) electrons. The SMILES string of the molecule is COc1ccc(/C(N)=N/O)c(N(C)c2ccc(C)cc2)c1. The van der Waals surface area contributed by atoms with Crippen molar-refractivity contribution < 1.29 is 9.94 Å². The molecule has 0 saturated carbocycles. The van der Waals surface area contributed by atoms with E-state index in [1.54, 1.807) is 19.2 Å². The molecule has 5 heteroatoms. The number of aryl methyl sites for hydroxylation is 1. The van der Waals surface area contributed by atoms with Crippen molar-refractivity contribution in [2.45, 2.75) is 6.92 Å². The van der Waals surface area contributed by atoms with Crippen molar-refractivity contribution in [2.75, 3.05) is 19.1 Å². The van der Waals surface area contributed by atoms with Crippen molar-refractivity contribution in [1.29, 1.82) is 0 Å². The van der Waals surface area contributed by atoms with Crippen LogP contribution in [0.15, 0.2) is 47.6 Å². The Labute approximate surface area is 124 Å². The molecule has 2 aromatic rings. The van der Waals surface area contributed by atoms with Crippen molar-refractivity contribution in [3.8, 4) is 5.75 Å². The Morgan fingerprint density at radius 3 is 2.43 bits per heavy atom. The van der Waals surface area contributed by atoms with Gasteiger partial charge in [-0.3, -0.25) is 0 Å². The summed E-state index contributed by atoms with van der Waals surface area (Å²) in [5, 5.41) is 12.0. The molecule has 2 rings (SSSR count). The van der Waals surface area contributed by atoms with Crippen LogP contribution in [-0.4, -0.2) is 25.2 Å². The lowest BCUT2D eigenvalue weighted by Gasteiger charge is -2.23. The molecule has 0 fully saturated rings. The zero-order chi connectivity index (χ0) is 15.4. The number of hydrogen-bond donors (Lipinski definition) is 2. The van der Waals surface area contributed by atoms with Crippen LogP contribution in [0, 0.1) is 6.92 Å². The van der Waals surface area contributed by atoms with Gasteiger partial charge in [-0.05, 0) is 31.2 Å². The molecule has 21 heavy (non-hydrogen) atoms. The van der Waals surface area contributed by atoms with Crippen molar-refractivity contribution in [1.82, 2.24) is 0 Å². The van der Waals surface area contributed by atoms with E-state index in [0.29, 0.717) is 11.3 Å². The number of hydrogen-bond acceptors (Lipinski definition) is 4. The third-order valence-electron chi connectivity index (χ3n) is 3.37.